The molecule has 7 heteroatoms. The van der Waals surface area contributed by atoms with Crippen LogP contribution in [0.25, 0.3) is 22.3 Å². The normalized spacial score (nSPS) is 14.2. The van der Waals surface area contributed by atoms with Crippen LogP contribution in [-0.2, 0) is 30.3 Å². The van der Waals surface area contributed by atoms with Crippen LogP contribution in [0.5, 0.6) is 0 Å². The fourth-order valence-corrected chi connectivity index (χ4v) is 5.55. The van der Waals surface area contributed by atoms with Gasteiger partial charge in [0.1, 0.15) is 0 Å². The van der Waals surface area contributed by atoms with Crippen LogP contribution in [-0.4, -0.2) is 34.1 Å². The molecule has 0 radical (unpaired) electrons. The number of aliphatic carboxylic acids is 2. The van der Waals surface area contributed by atoms with Crippen molar-refractivity contribution < 1.29 is 34.1 Å². The second kappa shape index (κ2) is 11.8. The number of carboxylic acid groups (broad SMARTS) is 2. The van der Waals surface area contributed by atoms with E-state index in [2.05, 4.69) is 53.3 Å². The zero-order valence-corrected chi connectivity index (χ0v) is 21.9. The van der Waals surface area contributed by atoms with E-state index >= 15 is 0 Å². The molecule has 0 saturated carbocycles. The number of fused-ring (bicyclic) bond motifs is 6. The van der Waals surface area contributed by atoms with E-state index in [-0.39, 0.29) is 6.42 Å². The van der Waals surface area contributed by atoms with E-state index in [0.29, 0.717) is 0 Å². The highest BCUT2D eigenvalue weighted by molar-refractivity contribution is 6.04. The number of ether oxygens (including phenoxy) is 1. The molecule has 7 nitrogen and oxygen atoms in total. The average Bonchev–Trinajstić information content (AvgIpc) is 3.65. The van der Waals surface area contributed by atoms with Crippen molar-refractivity contribution in [2.45, 2.75) is 18.8 Å². The molecule has 4 aromatic rings. The molecule has 1 aliphatic heterocycles. The van der Waals surface area contributed by atoms with Crippen LogP contribution in [0.2, 0.25) is 0 Å². The van der Waals surface area contributed by atoms with Crippen molar-refractivity contribution in [2.24, 2.45) is 5.92 Å². The molecule has 3 aliphatic rings. The standard InChI is InChI=1S/C17H14O4.C13H10.C4H2O3/c18-15(19)9-14(17(20)21)16-12-7-3-1-5-10(12)11-6-2-4-8-13(11)16;1-3-7-12-10(5-1)9-11-6-2-4-8-13(11)12;5-3-1-2-4(6)7-3/h1-8,14,16H,9H2,(H,18,19)(H,20,21);1-8H,9H2;1-2H. The smallest absolute Gasteiger partial charge is 0.338 e. The summed E-state index contributed by atoms with van der Waals surface area (Å²) in [6.07, 6.45) is 2.89. The molecule has 2 aliphatic carbocycles. The zero-order valence-electron chi connectivity index (χ0n) is 21.9. The van der Waals surface area contributed by atoms with Crippen LogP contribution in [0, 0.1) is 5.92 Å². The monoisotopic (exact) mass is 546 g/mol. The second-order valence-corrected chi connectivity index (χ2v) is 9.76. The van der Waals surface area contributed by atoms with Crippen molar-refractivity contribution in [3.8, 4) is 22.3 Å². The first kappa shape index (κ1) is 27.3. The summed E-state index contributed by atoms with van der Waals surface area (Å²) >= 11 is 0. The minimum atomic E-state index is -1.09. The number of cyclic esters (lactones) is 2. The third-order valence-electron chi connectivity index (χ3n) is 7.26. The highest BCUT2D eigenvalue weighted by atomic mass is 16.6. The van der Waals surface area contributed by atoms with Gasteiger partial charge in [0.15, 0.2) is 0 Å². The Labute approximate surface area is 236 Å². The van der Waals surface area contributed by atoms with Gasteiger partial charge in [0.2, 0.25) is 0 Å². The Hall–Kier alpha value is -5.30. The number of esters is 2. The largest absolute Gasteiger partial charge is 0.481 e. The van der Waals surface area contributed by atoms with Crippen molar-refractivity contribution in [2.75, 3.05) is 0 Å². The lowest BCUT2D eigenvalue weighted by Gasteiger charge is -2.20. The molecule has 1 atom stereocenters. The van der Waals surface area contributed by atoms with Crippen molar-refractivity contribution in [3.63, 3.8) is 0 Å². The highest BCUT2D eigenvalue weighted by Gasteiger charge is 2.38. The van der Waals surface area contributed by atoms with Crippen molar-refractivity contribution in [3.05, 3.63) is 131 Å². The predicted molar refractivity (Wildman–Crippen MR) is 152 cm³/mol. The molecular weight excluding hydrogens is 520 g/mol. The Balaban J connectivity index is 0.000000142. The summed E-state index contributed by atoms with van der Waals surface area (Å²) in [5, 5.41) is 18.5. The minimum absolute atomic E-state index is 0.386. The number of rotatable bonds is 4. The Kier molecular flexibility index (Phi) is 7.87. The zero-order chi connectivity index (χ0) is 28.9. The summed E-state index contributed by atoms with van der Waals surface area (Å²) in [5.74, 6) is -4.70. The van der Waals surface area contributed by atoms with Gasteiger partial charge in [-0.25, -0.2) is 9.59 Å². The third kappa shape index (κ3) is 5.84. The van der Waals surface area contributed by atoms with Crippen LogP contribution in [0.3, 0.4) is 0 Å². The maximum atomic E-state index is 11.6. The van der Waals surface area contributed by atoms with Gasteiger partial charge in [0.25, 0.3) is 0 Å². The quantitative estimate of drug-likeness (QED) is 0.214. The Morgan fingerprint density at radius 2 is 1.07 bits per heavy atom. The van der Waals surface area contributed by atoms with Gasteiger partial charge in [0, 0.05) is 18.1 Å². The number of carboxylic acids is 2. The first-order valence-electron chi connectivity index (χ1n) is 13.1. The van der Waals surface area contributed by atoms with Crippen molar-refractivity contribution >= 4 is 23.9 Å². The molecule has 0 saturated heterocycles. The first-order valence-corrected chi connectivity index (χ1v) is 13.1. The van der Waals surface area contributed by atoms with Gasteiger partial charge in [-0.3, -0.25) is 9.59 Å². The van der Waals surface area contributed by atoms with Crippen LogP contribution >= 0.6 is 0 Å². The Morgan fingerprint density at radius 1 is 0.659 bits per heavy atom. The first-order chi connectivity index (χ1) is 19.8. The number of benzene rings is 4. The van der Waals surface area contributed by atoms with Crippen LogP contribution < -0.4 is 0 Å². The van der Waals surface area contributed by atoms with Gasteiger partial charge < -0.3 is 14.9 Å². The number of hydrogen-bond donors (Lipinski definition) is 2. The topological polar surface area (TPSA) is 118 Å². The molecule has 7 rings (SSSR count). The molecule has 0 fully saturated rings. The molecule has 0 aromatic heterocycles. The van der Waals surface area contributed by atoms with E-state index in [1.54, 1.807) is 0 Å². The Morgan fingerprint density at radius 3 is 1.46 bits per heavy atom. The van der Waals surface area contributed by atoms with Gasteiger partial charge in [-0.2, -0.15) is 0 Å². The molecule has 0 bridgehead atoms. The highest BCUT2D eigenvalue weighted by Crippen LogP contribution is 2.48. The number of carbonyl (C=O) groups excluding carboxylic acids is 2. The van der Waals surface area contributed by atoms with Crippen molar-refractivity contribution in [1.82, 2.24) is 0 Å². The summed E-state index contributed by atoms with van der Waals surface area (Å²) in [5.41, 5.74) is 9.53. The van der Waals surface area contributed by atoms with Gasteiger partial charge in [-0.1, -0.05) is 97.1 Å². The molecule has 2 N–H and O–H groups in total. The molecule has 204 valence electrons. The van der Waals surface area contributed by atoms with E-state index in [9.17, 15) is 24.3 Å². The molecule has 1 unspecified atom stereocenters. The number of hydrogen-bond acceptors (Lipinski definition) is 5. The summed E-state index contributed by atoms with van der Waals surface area (Å²) in [6.45, 7) is 0. The average molecular weight is 547 g/mol. The van der Waals surface area contributed by atoms with E-state index in [4.69, 9.17) is 5.11 Å². The predicted octanol–water partition coefficient (Wildman–Crippen LogP) is 5.86. The fourth-order valence-electron chi connectivity index (χ4n) is 5.55. The lowest BCUT2D eigenvalue weighted by molar-refractivity contribution is -0.150. The van der Waals surface area contributed by atoms with Crippen LogP contribution in [0.15, 0.2) is 109 Å². The van der Waals surface area contributed by atoms with E-state index in [0.717, 1.165) is 40.8 Å². The van der Waals surface area contributed by atoms with Crippen LogP contribution in [0.4, 0.5) is 0 Å². The van der Waals surface area contributed by atoms with E-state index in [1.165, 1.54) is 22.3 Å². The fraction of sp³-hybridized carbons (Fsp3) is 0.118. The van der Waals surface area contributed by atoms with Crippen LogP contribution in [0.1, 0.15) is 34.6 Å². The lowest BCUT2D eigenvalue weighted by Crippen LogP contribution is -2.24. The molecule has 1 heterocycles. The summed E-state index contributed by atoms with van der Waals surface area (Å²) in [7, 11) is 0. The molecule has 0 spiro atoms. The van der Waals surface area contributed by atoms with Gasteiger partial charge in [-0.15, -0.1) is 0 Å². The van der Waals surface area contributed by atoms with Gasteiger partial charge >= 0.3 is 23.9 Å². The maximum Gasteiger partial charge on any atom is 0.338 e. The minimum Gasteiger partial charge on any atom is -0.481 e. The molecular formula is C34H26O7. The third-order valence-corrected chi connectivity index (χ3v) is 7.26. The van der Waals surface area contributed by atoms with Crippen molar-refractivity contribution in [1.29, 1.82) is 0 Å². The Bertz CT molecular complexity index is 1580. The SMILES string of the molecule is O=C(O)CC(C(=O)O)C1c2ccccc2-c2ccccc21.O=C1C=CC(=O)O1.c1ccc2c(c1)Cc1ccccc1-2. The maximum absolute atomic E-state index is 11.6. The summed E-state index contributed by atoms with van der Waals surface area (Å²) in [4.78, 5) is 42.5. The van der Waals surface area contributed by atoms with Gasteiger partial charge in [0.05, 0.1) is 12.3 Å². The molecule has 41 heavy (non-hydrogen) atoms. The number of carbonyl (C=O) groups is 4. The van der Waals surface area contributed by atoms with Gasteiger partial charge in [-0.05, 0) is 50.9 Å². The lowest BCUT2D eigenvalue weighted by atomic mass is 9.82. The summed E-state index contributed by atoms with van der Waals surface area (Å²) < 4.78 is 3.97. The molecule has 4 aromatic carbocycles. The molecule has 0 amide bonds. The second-order valence-electron chi connectivity index (χ2n) is 9.76. The summed E-state index contributed by atoms with van der Waals surface area (Å²) in [6, 6.07) is 32.5. The van der Waals surface area contributed by atoms with E-state index in [1.807, 2.05) is 48.5 Å². The van der Waals surface area contributed by atoms with E-state index < -0.39 is 35.7 Å².